The number of nitrogens with zero attached hydrogens (tertiary/aromatic N) is 1. The fraction of sp³-hybridized carbons (Fsp3) is 0.259. The van der Waals surface area contributed by atoms with Gasteiger partial charge in [-0.15, -0.1) is 0 Å². The maximum absolute atomic E-state index is 13.0. The van der Waals surface area contributed by atoms with Crippen LogP contribution in [0.2, 0.25) is 0 Å². The number of imide groups is 1. The number of hydrogen-bond acceptors (Lipinski definition) is 3. The normalized spacial score (nSPS) is 15.7. The molecule has 166 valence electrons. The van der Waals surface area contributed by atoms with Crippen LogP contribution in [0.5, 0.6) is 5.75 Å². The van der Waals surface area contributed by atoms with Gasteiger partial charge in [0.2, 0.25) is 0 Å². The van der Waals surface area contributed by atoms with E-state index in [1.54, 1.807) is 0 Å². The number of fused-ring (bicyclic) bond motifs is 1. The van der Waals surface area contributed by atoms with E-state index in [1.165, 1.54) is 11.1 Å². The van der Waals surface area contributed by atoms with Crippen LogP contribution in [0.15, 0.2) is 48.8 Å². The van der Waals surface area contributed by atoms with Gasteiger partial charge in [-0.1, -0.05) is 31.5 Å². The predicted octanol–water partition coefficient (Wildman–Crippen LogP) is 4.81. The first-order valence-corrected chi connectivity index (χ1v) is 11.6. The van der Waals surface area contributed by atoms with Crippen LogP contribution < -0.4 is 10.1 Å². The van der Waals surface area contributed by atoms with Crippen molar-refractivity contribution in [3.05, 3.63) is 65.5 Å². The average Bonchev–Trinajstić information content (AvgIpc) is 3.48. The zero-order valence-electron chi connectivity index (χ0n) is 18.5. The predicted molar refractivity (Wildman–Crippen MR) is 129 cm³/mol. The number of carbonyl (C=O) groups excluding carboxylic acids is 2. The minimum Gasteiger partial charge on any atom is -0.494 e. The zero-order chi connectivity index (χ0) is 22.5. The van der Waals surface area contributed by atoms with Crippen molar-refractivity contribution in [3.8, 4) is 5.75 Å². The van der Waals surface area contributed by atoms with E-state index in [0.717, 1.165) is 65.4 Å². The highest BCUT2D eigenvalue weighted by molar-refractivity contribution is 6.50. The van der Waals surface area contributed by atoms with Gasteiger partial charge in [0.1, 0.15) is 5.75 Å². The first kappa shape index (κ1) is 19.9. The number of ether oxygens (including phenoxy) is 1. The molecule has 0 atom stereocenters. The van der Waals surface area contributed by atoms with E-state index >= 15 is 0 Å². The van der Waals surface area contributed by atoms with Crippen molar-refractivity contribution in [2.45, 2.75) is 39.2 Å². The molecule has 0 spiro atoms. The number of H-pyrrole nitrogens is 1. The van der Waals surface area contributed by atoms with Crippen LogP contribution >= 0.6 is 0 Å². The lowest BCUT2D eigenvalue weighted by atomic mass is 9.94. The Morgan fingerprint density at radius 2 is 1.88 bits per heavy atom. The molecule has 2 N–H and O–H groups in total. The molecule has 0 saturated heterocycles. The largest absolute Gasteiger partial charge is 0.494 e. The number of aromatic amines is 1. The van der Waals surface area contributed by atoms with E-state index < -0.39 is 0 Å². The van der Waals surface area contributed by atoms with E-state index in [2.05, 4.69) is 27.9 Å². The standard InChI is InChI=1S/C27H25N3O3/c1-2-3-12-33-17-9-10-18-20(14-28-22(18)13-17)23-24(27(32)29-26(23)31)21-15-30-11-5-7-16-6-4-8-19(21)25(16)30/h4,6,8-10,13-15,28H,2-3,5,7,11-12H2,1H3,(H,29,31,32). The summed E-state index contributed by atoms with van der Waals surface area (Å²) in [6.45, 7) is 3.72. The summed E-state index contributed by atoms with van der Waals surface area (Å²) in [7, 11) is 0. The van der Waals surface area contributed by atoms with Crippen LogP contribution in [0.25, 0.3) is 33.0 Å². The van der Waals surface area contributed by atoms with E-state index in [9.17, 15) is 9.59 Å². The highest BCUT2D eigenvalue weighted by atomic mass is 16.5. The summed E-state index contributed by atoms with van der Waals surface area (Å²) in [6, 6.07) is 12.1. The monoisotopic (exact) mass is 439 g/mol. The first-order chi connectivity index (χ1) is 16.2. The van der Waals surface area contributed by atoms with Gasteiger partial charge in [0.05, 0.1) is 23.3 Å². The molecule has 6 rings (SSSR count). The summed E-state index contributed by atoms with van der Waals surface area (Å²) in [5, 5.41) is 4.45. The summed E-state index contributed by atoms with van der Waals surface area (Å²) in [6.07, 6.45) is 8.03. The summed E-state index contributed by atoms with van der Waals surface area (Å²) < 4.78 is 8.05. The molecule has 0 bridgehead atoms. The van der Waals surface area contributed by atoms with Gasteiger partial charge in [-0.05, 0) is 37.0 Å². The average molecular weight is 440 g/mol. The molecule has 2 amide bonds. The third kappa shape index (κ3) is 3.09. The van der Waals surface area contributed by atoms with Crippen LogP contribution in [0, 0.1) is 0 Å². The summed E-state index contributed by atoms with van der Waals surface area (Å²) in [4.78, 5) is 29.3. The highest BCUT2D eigenvalue weighted by Crippen LogP contribution is 2.40. The Labute approximate surface area is 191 Å². The lowest BCUT2D eigenvalue weighted by molar-refractivity contribution is -0.122. The Morgan fingerprint density at radius 3 is 2.73 bits per heavy atom. The van der Waals surface area contributed by atoms with E-state index in [1.807, 2.05) is 42.7 Å². The van der Waals surface area contributed by atoms with Gasteiger partial charge in [-0.2, -0.15) is 0 Å². The third-order valence-corrected chi connectivity index (χ3v) is 6.72. The molecule has 6 nitrogen and oxygen atoms in total. The molecule has 33 heavy (non-hydrogen) atoms. The number of amides is 2. The second kappa shape index (κ2) is 7.66. The molecule has 2 aromatic carbocycles. The van der Waals surface area contributed by atoms with Crippen molar-refractivity contribution < 1.29 is 14.3 Å². The topological polar surface area (TPSA) is 76.1 Å². The quantitative estimate of drug-likeness (QED) is 0.334. The molecule has 0 fully saturated rings. The number of hydrogen-bond donors (Lipinski definition) is 2. The number of para-hydroxylation sites is 1. The maximum Gasteiger partial charge on any atom is 0.259 e. The highest BCUT2D eigenvalue weighted by Gasteiger charge is 2.35. The van der Waals surface area contributed by atoms with Gasteiger partial charge in [0.15, 0.2) is 0 Å². The molecule has 4 aromatic rings. The second-order valence-corrected chi connectivity index (χ2v) is 8.80. The summed E-state index contributed by atoms with van der Waals surface area (Å²) in [5.74, 6) is 0.0955. The number of aromatic nitrogens is 2. The van der Waals surface area contributed by atoms with Crippen molar-refractivity contribution in [2.75, 3.05) is 6.61 Å². The van der Waals surface area contributed by atoms with E-state index in [0.29, 0.717) is 17.8 Å². The third-order valence-electron chi connectivity index (χ3n) is 6.72. The minimum atomic E-state index is -0.355. The van der Waals surface area contributed by atoms with Crippen LogP contribution in [-0.4, -0.2) is 28.0 Å². The Bertz CT molecular complexity index is 1470. The maximum atomic E-state index is 13.0. The molecular formula is C27H25N3O3. The van der Waals surface area contributed by atoms with Crippen molar-refractivity contribution >= 4 is 44.8 Å². The van der Waals surface area contributed by atoms with Gasteiger partial charge in [0.25, 0.3) is 11.8 Å². The van der Waals surface area contributed by atoms with Crippen LogP contribution in [-0.2, 0) is 22.6 Å². The Hall–Kier alpha value is -3.80. The number of rotatable bonds is 6. The zero-order valence-corrected chi connectivity index (χ0v) is 18.5. The Balaban J connectivity index is 1.51. The van der Waals surface area contributed by atoms with Crippen molar-refractivity contribution in [2.24, 2.45) is 0 Å². The molecule has 2 aromatic heterocycles. The van der Waals surface area contributed by atoms with Crippen molar-refractivity contribution in [1.82, 2.24) is 14.9 Å². The number of nitrogens with one attached hydrogen (secondary N) is 2. The number of unbranched alkanes of at least 4 members (excludes halogenated alkanes) is 1. The van der Waals surface area contributed by atoms with Crippen LogP contribution in [0.1, 0.15) is 42.9 Å². The fourth-order valence-corrected chi connectivity index (χ4v) is 5.16. The smallest absolute Gasteiger partial charge is 0.259 e. The van der Waals surface area contributed by atoms with Gasteiger partial charge < -0.3 is 14.3 Å². The molecule has 0 aliphatic carbocycles. The lowest BCUT2D eigenvalue weighted by Crippen LogP contribution is -2.22. The number of benzene rings is 2. The number of carbonyl (C=O) groups is 2. The fourth-order valence-electron chi connectivity index (χ4n) is 5.16. The molecular weight excluding hydrogens is 414 g/mol. The van der Waals surface area contributed by atoms with Crippen molar-refractivity contribution in [1.29, 1.82) is 0 Å². The van der Waals surface area contributed by atoms with E-state index in [-0.39, 0.29) is 11.8 Å². The van der Waals surface area contributed by atoms with Gasteiger partial charge >= 0.3 is 0 Å². The molecule has 6 heteroatoms. The Kier molecular flexibility index (Phi) is 4.61. The van der Waals surface area contributed by atoms with Gasteiger partial charge in [-0.3, -0.25) is 14.9 Å². The minimum absolute atomic E-state index is 0.340. The first-order valence-electron chi connectivity index (χ1n) is 11.6. The molecule has 2 aliphatic rings. The molecule has 4 heterocycles. The Morgan fingerprint density at radius 1 is 1.03 bits per heavy atom. The molecule has 0 saturated carbocycles. The number of aryl methyl sites for hydroxylation is 2. The van der Waals surface area contributed by atoms with Crippen molar-refractivity contribution in [3.63, 3.8) is 0 Å². The SMILES string of the molecule is CCCCOc1ccc2c(C3=C(c4cn5c6c(cccc46)CCC5)C(=O)NC3=O)c[nH]c2c1. The van der Waals surface area contributed by atoms with Gasteiger partial charge in [0, 0.05) is 52.4 Å². The lowest BCUT2D eigenvalue weighted by Gasteiger charge is -2.14. The summed E-state index contributed by atoms with van der Waals surface area (Å²) in [5.41, 5.74) is 5.77. The van der Waals surface area contributed by atoms with E-state index in [4.69, 9.17) is 4.74 Å². The van der Waals surface area contributed by atoms with Crippen LogP contribution in [0.3, 0.4) is 0 Å². The second-order valence-electron chi connectivity index (χ2n) is 8.80. The van der Waals surface area contributed by atoms with Gasteiger partial charge in [-0.25, -0.2) is 0 Å². The molecule has 0 radical (unpaired) electrons. The summed E-state index contributed by atoms with van der Waals surface area (Å²) >= 11 is 0. The molecule has 0 unspecified atom stereocenters. The molecule has 2 aliphatic heterocycles. The van der Waals surface area contributed by atoms with Crippen LogP contribution in [0.4, 0.5) is 0 Å².